The van der Waals surface area contributed by atoms with E-state index in [0.29, 0.717) is 6.04 Å². The monoisotopic (exact) mass is 164 g/mol. The van der Waals surface area contributed by atoms with Crippen LogP contribution in [0.3, 0.4) is 0 Å². The lowest BCUT2D eigenvalue weighted by Gasteiger charge is -2.10. The fourth-order valence-electron chi connectivity index (χ4n) is 1.55. The summed E-state index contributed by atoms with van der Waals surface area (Å²) in [4.78, 5) is 0. The standard InChI is InChI=1S/C10H16N2/c1-8(2)12-10(7-11)9-5-3-4-6-9/h8,12H,3-6H2,1-2H3. The molecule has 1 fully saturated rings. The molecular formula is C10H16N2. The van der Waals surface area contributed by atoms with Crippen molar-refractivity contribution in [2.75, 3.05) is 0 Å². The number of nitrogens with one attached hydrogen (secondary N) is 1. The van der Waals surface area contributed by atoms with Gasteiger partial charge in [0, 0.05) is 6.04 Å². The molecule has 66 valence electrons. The molecule has 1 aliphatic rings. The van der Waals surface area contributed by atoms with E-state index in [4.69, 9.17) is 5.26 Å². The number of nitrogens with zero attached hydrogens (tertiary/aromatic N) is 1. The van der Waals surface area contributed by atoms with Crippen LogP contribution >= 0.6 is 0 Å². The topological polar surface area (TPSA) is 35.8 Å². The van der Waals surface area contributed by atoms with E-state index in [1.807, 2.05) is 0 Å². The van der Waals surface area contributed by atoms with E-state index < -0.39 is 0 Å². The predicted octanol–water partition coefficient (Wildman–Crippen LogP) is 2.34. The molecule has 1 aliphatic carbocycles. The molecule has 12 heavy (non-hydrogen) atoms. The Morgan fingerprint density at radius 1 is 1.42 bits per heavy atom. The van der Waals surface area contributed by atoms with Crippen molar-refractivity contribution >= 4 is 0 Å². The number of hydrogen-bond acceptors (Lipinski definition) is 2. The van der Waals surface area contributed by atoms with Crippen molar-refractivity contribution in [1.82, 2.24) is 5.32 Å². The smallest absolute Gasteiger partial charge is 0.117 e. The van der Waals surface area contributed by atoms with Crippen molar-refractivity contribution in [3.8, 4) is 6.07 Å². The summed E-state index contributed by atoms with van der Waals surface area (Å²) in [5.74, 6) is 0. The van der Waals surface area contributed by atoms with Crippen LogP contribution in [0, 0.1) is 11.3 Å². The zero-order chi connectivity index (χ0) is 8.97. The first kappa shape index (κ1) is 9.12. The van der Waals surface area contributed by atoms with Gasteiger partial charge >= 0.3 is 0 Å². The lowest BCUT2D eigenvalue weighted by atomic mass is 10.1. The third-order valence-electron chi connectivity index (χ3n) is 2.11. The highest BCUT2D eigenvalue weighted by Gasteiger charge is 2.12. The Morgan fingerprint density at radius 3 is 2.42 bits per heavy atom. The summed E-state index contributed by atoms with van der Waals surface area (Å²) < 4.78 is 0. The van der Waals surface area contributed by atoms with Gasteiger partial charge in [0.2, 0.25) is 0 Å². The molecule has 2 heteroatoms. The van der Waals surface area contributed by atoms with E-state index in [-0.39, 0.29) is 0 Å². The minimum atomic E-state index is 0.368. The van der Waals surface area contributed by atoms with Gasteiger partial charge in [-0.05, 0) is 45.1 Å². The average Bonchev–Trinajstić information content (AvgIpc) is 2.51. The van der Waals surface area contributed by atoms with Crippen LogP contribution in [-0.4, -0.2) is 6.04 Å². The van der Waals surface area contributed by atoms with Gasteiger partial charge in [0.05, 0.1) is 0 Å². The third-order valence-corrected chi connectivity index (χ3v) is 2.11. The molecule has 0 aromatic heterocycles. The van der Waals surface area contributed by atoms with Crippen molar-refractivity contribution < 1.29 is 0 Å². The largest absolute Gasteiger partial charge is 0.374 e. The highest BCUT2D eigenvalue weighted by molar-refractivity contribution is 5.27. The molecule has 1 saturated carbocycles. The molecule has 0 heterocycles. The van der Waals surface area contributed by atoms with E-state index in [0.717, 1.165) is 18.5 Å². The van der Waals surface area contributed by atoms with Crippen molar-refractivity contribution in [1.29, 1.82) is 5.26 Å². The van der Waals surface area contributed by atoms with Gasteiger partial charge in [0.15, 0.2) is 0 Å². The van der Waals surface area contributed by atoms with Gasteiger partial charge in [-0.15, -0.1) is 0 Å². The minimum absolute atomic E-state index is 0.368. The van der Waals surface area contributed by atoms with Crippen LogP contribution in [0.1, 0.15) is 39.5 Å². The summed E-state index contributed by atoms with van der Waals surface area (Å²) in [5.41, 5.74) is 2.15. The molecular weight excluding hydrogens is 148 g/mol. The van der Waals surface area contributed by atoms with Gasteiger partial charge in [-0.1, -0.05) is 0 Å². The van der Waals surface area contributed by atoms with Gasteiger partial charge in [-0.25, -0.2) is 0 Å². The Morgan fingerprint density at radius 2 is 2.00 bits per heavy atom. The maximum atomic E-state index is 8.86. The fourth-order valence-corrected chi connectivity index (χ4v) is 1.55. The maximum absolute atomic E-state index is 8.86. The third kappa shape index (κ3) is 2.27. The highest BCUT2D eigenvalue weighted by atomic mass is 14.9. The maximum Gasteiger partial charge on any atom is 0.117 e. The molecule has 0 aromatic carbocycles. The second kappa shape index (κ2) is 4.15. The summed E-state index contributed by atoms with van der Waals surface area (Å²) in [6, 6.07) is 2.61. The van der Waals surface area contributed by atoms with E-state index in [2.05, 4.69) is 25.2 Å². The van der Waals surface area contributed by atoms with Gasteiger partial charge in [-0.3, -0.25) is 0 Å². The Labute approximate surface area is 74.3 Å². The predicted molar refractivity (Wildman–Crippen MR) is 49.4 cm³/mol. The highest BCUT2D eigenvalue weighted by Crippen LogP contribution is 2.25. The van der Waals surface area contributed by atoms with E-state index in [1.165, 1.54) is 18.4 Å². The molecule has 0 amide bonds. The van der Waals surface area contributed by atoms with E-state index in [9.17, 15) is 0 Å². The molecule has 0 unspecified atom stereocenters. The summed E-state index contributed by atoms with van der Waals surface area (Å²) in [5, 5.41) is 12.1. The lowest BCUT2D eigenvalue weighted by molar-refractivity contribution is 0.674. The summed E-state index contributed by atoms with van der Waals surface area (Å²) in [6.45, 7) is 4.12. The van der Waals surface area contributed by atoms with E-state index >= 15 is 0 Å². The Kier molecular flexibility index (Phi) is 3.16. The Hall–Kier alpha value is -0.970. The second-order valence-electron chi connectivity index (χ2n) is 3.60. The molecule has 0 aromatic rings. The number of hydrogen-bond donors (Lipinski definition) is 1. The first-order valence-corrected chi connectivity index (χ1v) is 4.62. The summed E-state index contributed by atoms with van der Waals surface area (Å²) in [7, 11) is 0. The zero-order valence-electron chi connectivity index (χ0n) is 7.85. The van der Waals surface area contributed by atoms with Crippen LogP contribution in [0.4, 0.5) is 0 Å². The second-order valence-corrected chi connectivity index (χ2v) is 3.60. The van der Waals surface area contributed by atoms with Crippen LogP contribution in [0.5, 0.6) is 0 Å². The minimum Gasteiger partial charge on any atom is -0.374 e. The number of allylic oxidation sites excluding steroid dienone is 2. The molecule has 0 bridgehead atoms. The molecule has 0 spiro atoms. The molecule has 0 aliphatic heterocycles. The van der Waals surface area contributed by atoms with Gasteiger partial charge < -0.3 is 5.32 Å². The normalized spacial score (nSPS) is 16.3. The molecule has 0 saturated heterocycles. The Balaban J connectivity index is 2.66. The van der Waals surface area contributed by atoms with Gasteiger partial charge in [0.25, 0.3) is 0 Å². The average molecular weight is 164 g/mol. The van der Waals surface area contributed by atoms with Gasteiger partial charge in [0.1, 0.15) is 11.8 Å². The molecule has 0 radical (unpaired) electrons. The zero-order valence-corrected chi connectivity index (χ0v) is 7.85. The van der Waals surface area contributed by atoms with Crippen LogP contribution in [0.25, 0.3) is 0 Å². The SMILES string of the molecule is CC(C)NC(C#N)=C1CCCC1. The molecule has 1 N–H and O–H groups in total. The van der Waals surface area contributed by atoms with Crippen LogP contribution < -0.4 is 5.32 Å². The van der Waals surface area contributed by atoms with Crippen molar-refractivity contribution in [3.63, 3.8) is 0 Å². The number of nitriles is 1. The molecule has 2 nitrogen and oxygen atoms in total. The first-order valence-electron chi connectivity index (χ1n) is 4.62. The van der Waals surface area contributed by atoms with Crippen LogP contribution in [0.2, 0.25) is 0 Å². The van der Waals surface area contributed by atoms with Crippen molar-refractivity contribution in [2.45, 2.75) is 45.6 Å². The van der Waals surface area contributed by atoms with Gasteiger partial charge in [-0.2, -0.15) is 5.26 Å². The first-order chi connectivity index (χ1) is 5.74. The quantitative estimate of drug-likeness (QED) is 0.636. The van der Waals surface area contributed by atoms with Crippen LogP contribution in [0.15, 0.2) is 11.3 Å². The summed E-state index contributed by atoms with van der Waals surface area (Å²) in [6.07, 6.45) is 4.73. The molecule has 1 rings (SSSR count). The summed E-state index contributed by atoms with van der Waals surface area (Å²) >= 11 is 0. The molecule has 0 atom stereocenters. The number of rotatable bonds is 2. The van der Waals surface area contributed by atoms with Crippen LogP contribution in [-0.2, 0) is 0 Å². The lowest BCUT2D eigenvalue weighted by Crippen LogP contribution is -2.22. The fraction of sp³-hybridized carbons (Fsp3) is 0.700. The van der Waals surface area contributed by atoms with E-state index in [1.54, 1.807) is 0 Å². The van der Waals surface area contributed by atoms with Crippen molar-refractivity contribution in [3.05, 3.63) is 11.3 Å². The van der Waals surface area contributed by atoms with Crippen molar-refractivity contribution in [2.24, 2.45) is 0 Å². The Bertz CT molecular complexity index is 212.